The van der Waals surface area contributed by atoms with Crippen LogP contribution in [0.5, 0.6) is 11.5 Å². The molecule has 2 aromatic carbocycles. The summed E-state index contributed by atoms with van der Waals surface area (Å²) < 4.78 is 13.1. The highest BCUT2D eigenvalue weighted by Crippen LogP contribution is 2.30. The fourth-order valence-corrected chi connectivity index (χ4v) is 3.40. The third-order valence-corrected chi connectivity index (χ3v) is 4.89. The summed E-state index contributed by atoms with van der Waals surface area (Å²) >= 11 is 0. The van der Waals surface area contributed by atoms with Gasteiger partial charge in [0.25, 0.3) is 0 Å². The minimum absolute atomic E-state index is 0.0917. The Bertz CT molecular complexity index is 1010. The van der Waals surface area contributed by atoms with E-state index in [0.717, 1.165) is 53.1 Å². The van der Waals surface area contributed by atoms with E-state index < -0.39 is 0 Å². The Hall–Kier alpha value is -3.34. The predicted molar refractivity (Wildman–Crippen MR) is 108 cm³/mol. The maximum Gasteiger partial charge on any atom is 0.189 e. The molecule has 1 aromatic heterocycles. The van der Waals surface area contributed by atoms with Crippen molar-refractivity contribution in [2.75, 3.05) is 13.7 Å². The molecular formula is C23H22N2O3. The van der Waals surface area contributed by atoms with E-state index in [1.54, 1.807) is 19.6 Å². The molecule has 5 nitrogen and oxygen atoms in total. The minimum Gasteiger partial charge on any atom is -0.497 e. The van der Waals surface area contributed by atoms with Gasteiger partial charge in [0.2, 0.25) is 0 Å². The summed E-state index contributed by atoms with van der Waals surface area (Å²) in [5.41, 5.74) is 3.62. The number of methoxy groups -OCH3 is 1. The number of ether oxygens (including phenoxy) is 2. The number of rotatable bonds is 6. The van der Waals surface area contributed by atoms with Crippen LogP contribution in [0.3, 0.4) is 0 Å². The van der Waals surface area contributed by atoms with Gasteiger partial charge in [0.05, 0.1) is 20.0 Å². The zero-order valence-electron chi connectivity index (χ0n) is 15.8. The monoisotopic (exact) mass is 374 g/mol. The lowest BCUT2D eigenvalue weighted by molar-refractivity contribution is 0.102. The molecule has 142 valence electrons. The van der Waals surface area contributed by atoms with Crippen molar-refractivity contribution in [3.05, 3.63) is 83.4 Å². The van der Waals surface area contributed by atoms with Gasteiger partial charge in [0.15, 0.2) is 5.78 Å². The first-order valence-electron chi connectivity index (χ1n) is 9.34. The number of allylic oxidation sites excluding steroid dienone is 1. The van der Waals surface area contributed by atoms with Crippen molar-refractivity contribution in [3.63, 3.8) is 0 Å². The second-order valence-corrected chi connectivity index (χ2v) is 6.74. The lowest BCUT2D eigenvalue weighted by Crippen LogP contribution is -2.14. The maximum absolute atomic E-state index is 12.9. The molecule has 1 aliphatic rings. The summed E-state index contributed by atoms with van der Waals surface area (Å²) in [4.78, 5) is 16.9. The van der Waals surface area contributed by atoms with E-state index in [1.165, 1.54) is 0 Å². The van der Waals surface area contributed by atoms with E-state index in [0.29, 0.717) is 6.61 Å². The molecule has 1 aliphatic carbocycles. The summed E-state index contributed by atoms with van der Waals surface area (Å²) in [5.74, 6) is 1.68. The van der Waals surface area contributed by atoms with Crippen molar-refractivity contribution in [1.29, 1.82) is 0 Å². The molecule has 0 saturated heterocycles. The van der Waals surface area contributed by atoms with Crippen molar-refractivity contribution in [2.45, 2.75) is 19.4 Å². The number of aryl methyl sites for hydroxylation is 1. The number of imidazole rings is 1. The van der Waals surface area contributed by atoms with Gasteiger partial charge in [-0.15, -0.1) is 0 Å². The zero-order valence-corrected chi connectivity index (χ0v) is 15.8. The molecule has 0 radical (unpaired) electrons. The molecule has 0 aliphatic heterocycles. The number of aromatic nitrogens is 2. The lowest BCUT2D eigenvalue weighted by Gasteiger charge is -2.19. The van der Waals surface area contributed by atoms with Gasteiger partial charge in [0.1, 0.15) is 18.1 Å². The van der Waals surface area contributed by atoms with E-state index in [-0.39, 0.29) is 5.78 Å². The number of Topliss-reactive ketones (excluding diaryl/α,β-unsaturated/α-hetero) is 1. The summed E-state index contributed by atoms with van der Waals surface area (Å²) in [5, 5.41) is 0. The van der Waals surface area contributed by atoms with Crippen LogP contribution in [0.4, 0.5) is 0 Å². The third-order valence-electron chi connectivity index (χ3n) is 4.89. The molecule has 28 heavy (non-hydrogen) atoms. The average molecular weight is 374 g/mol. The molecule has 0 spiro atoms. The number of hydrogen-bond donors (Lipinski definition) is 0. The standard InChI is InChI=1S/C23H22N2O3/c1-27-20-4-2-3-17(14-20)13-19-6-5-18-15-21(7-8-22(18)23(19)26)28-12-11-25-10-9-24-16-25/h2-4,7-10,13-16H,5-6,11-12H2,1H3/b19-13+. The van der Waals surface area contributed by atoms with E-state index in [4.69, 9.17) is 9.47 Å². The molecule has 3 aromatic rings. The van der Waals surface area contributed by atoms with Gasteiger partial charge < -0.3 is 14.0 Å². The van der Waals surface area contributed by atoms with E-state index >= 15 is 0 Å². The highest BCUT2D eigenvalue weighted by atomic mass is 16.5. The summed E-state index contributed by atoms with van der Waals surface area (Å²) in [7, 11) is 1.64. The second kappa shape index (κ2) is 8.13. The van der Waals surface area contributed by atoms with E-state index in [1.807, 2.05) is 59.3 Å². The van der Waals surface area contributed by atoms with Gasteiger partial charge in [-0.3, -0.25) is 4.79 Å². The molecule has 0 amide bonds. The third kappa shape index (κ3) is 3.98. The van der Waals surface area contributed by atoms with Crippen molar-refractivity contribution in [2.24, 2.45) is 0 Å². The number of nitrogens with zero attached hydrogens (tertiary/aromatic N) is 2. The fourth-order valence-electron chi connectivity index (χ4n) is 3.40. The van der Waals surface area contributed by atoms with E-state index in [2.05, 4.69) is 4.98 Å². The zero-order chi connectivity index (χ0) is 19.3. The lowest BCUT2D eigenvalue weighted by atomic mass is 9.86. The molecule has 5 heteroatoms. The van der Waals surface area contributed by atoms with Gasteiger partial charge in [-0.05, 0) is 60.4 Å². The Morgan fingerprint density at radius 3 is 2.89 bits per heavy atom. The largest absolute Gasteiger partial charge is 0.497 e. The highest BCUT2D eigenvalue weighted by Gasteiger charge is 2.22. The topological polar surface area (TPSA) is 53.4 Å². The van der Waals surface area contributed by atoms with Crippen LogP contribution in [-0.2, 0) is 13.0 Å². The molecule has 0 atom stereocenters. The van der Waals surface area contributed by atoms with Crippen LogP contribution in [0.25, 0.3) is 6.08 Å². The van der Waals surface area contributed by atoms with Crippen molar-refractivity contribution in [3.8, 4) is 11.5 Å². The second-order valence-electron chi connectivity index (χ2n) is 6.74. The molecule has 1 heterocycles. The molecule has 4 rings (SSSR count). The Balaban J connectivity index is 1.46. The van der Waals surface area contributed by atoms with Crippen LogP contribution in [0.1, 0.15) is 27.9 Å². The summed E-state index contributed by atoms with van der Waals surface area (Å²) in [6.07, 6.45) is 8.94. The molecule has 0 fully saturated rings. The summed E-state index contributed by atoms with van der Waals surface area (Å²) in [6, 6.07) is 13.5. The molecule has 0 saturated carbocycles. The van der Waals surface area contributed by atoms with Crippen molar-refractivity contribution < 1.29 is 14.3 Å². The number of carbonyl (C=O) groups is 1. The Kier molecular flexibility index (Phi) is 5.24. The number of hydrogen-bond acceptors (Lipinski definition) is 4. The predicted octanol–water partition coefficient (Wildman–Crippen LogP) is 4.18. The van der Waals surface area contributed by atoms with Gasteiger partial charge in [-0.25, -0.2) is 4.98 Å². The molecule has 0 unspecified atom stereocenters. The van der Waals surface area contributed by atoms with Crippen LogP contribution in [0.2, 0.25) is 0 Å². The first kappa shape index (κ1) is 18.0. The van der Waals surface area contributed by atoms with Gasteiger partial charge in [0, 0.05) is 23.5 Å². The van der Waals surface area contributed by atoms with Gasteiger partial charge in [-0.2, -0.15) is 0 Å². The Morgan fingerprint density at radius 1 is 1.14 bits per heavy atom. The minimum atomic E-state index is 0.0917. The van der Waals surface area contributed by atoms with Crippen molar-refractivity contribution >= 4 is 11.9 Å². The first-order chi connectivity index (χ1) is 13.7. The van der Waals surface area contributed by atoms with Gasteiger partial charge >= 0.3 is 0 Å². The number of fused-ring (bicyclic) bond motifs is 1. The Labute approximate surface area is 164 Å². The van der Waals surface area contributed by atoms with Crippen LogP contribution in [0.15, 0.2) is 66.8 Å². The quantitative estimate of drug-likeness (QED) is 0.607. The van der Waals surface area contributed by atoms with Crippen LogP contribution < -0.4 is 9.47 Å². The normalized spacial score (nSPS) is 14.8. The van der Waals surface area contributed by atoms with Gasteiger partial charge in [-0.1, -0.05) is 12.1 Å². The van der Waals surface area contributed by atoms with Crippen LogP contribution in [0, 0.1) is 0 Å². The van der Waals surface area contributed by atoms with Crippen LogP contribution >= 0.6 is 0 Å². The number of carbonyl (C=O) groups excluding carboxylic acids is 1. The Morgan fingerprint density at radius 2 is 2.07 bits per heavy atom. The average Bonchev–Trinajstić information content (AvgIpc) is 3.24. The smallest absolute Gasteiger partial charge is 0.189 e. The van der Waals surface area contributed by atoms with Crippen LogP contribution in [-0.4, -0.2) is 29.1 Å². The molecule has 0 N–H and O–H groups in total. The molecule has 0 bridgehead atoms. The fraction of sp³-hybridized carbons (Fsp3) is 0.217. The summed E-state index contributed by atoms with van der Waals surface area (Å²) in [6.45, 7) is 1.30. The molecular weight excluding hydrogens is 352 g/mol. The van der Waals surface area contributed by atoms with E-state index in [9.17, 15) is 4.79 Å². The highest BCUT2D eigenvalue weighted by molar-refractivity contribution is 6.13. The first-order valence-corrected chi connectivity index (χ1v) is 9.34. The SMILES string of the molecule is COc1cccc(/C=C2\CCc3cc(OCCn4ccnc4)ccc3C2=O)c1. The van der Waals surface area contributed by atoms with Crippen molar-refractivity contribution in [1.82, 2.24) is 9.55 Å². The maximum atomic E-state index is 12.9. The number of ketones is 1. The number of benzene rings is 2.